The van der Waals surface area contributed by atoms with E-state index in [0.717, 1.165) is 35.6 Å². The number of aryl methyl sites for hydroxylation is 1. The summed E-state index contributed by atoms with van der Waals surface area (Å²) in [5.41, 5.74) is 2.22. The van der Waals surface area contributed by atoms with Gasteiger partial charge in [0.15, 0.2) is 0 Å². The van der Waals surface area contributed by atoms with Crippen LogP contribution in [0.3, 0.4) is 0 Å². The number of pyridine rings is 1. The largest absolute Gasteiger partial charge is 0.497 e. The van der Waals surface area contributed by atoms with Crippen molar-refractivity contribution in [3.05, 3.63) is 60.6 Å². The lowest BCUT2D eigenvalue weighted by atomic mass is 10.1. The lowest BCUT2D eigenvalue weighted by molar-refractivity contribution is 0.0528. The van der Waals surface area contributed by atoms with Crippen LogP contribution in [-0.2, 0) is 7.05 Å². The van der Waals surface area contributed by atoms with E-state index >= 15 is 0 Å². The minimum atomic E-state index is -0.0304. The molecule has 150 valence electrons. The minimum absolute atomic E-state index is 0.0267. The molecule has 2 aromatic heterocycles. The lowest BCUT2D eigenvalue weighted by Gasteiger charge is -2.32. The molecule has 7 nitrogen and oxygen atoms in total. The molecule has 1 amide bonds. The van der Waals surface area contributed by atoms with Crippen LogP contribution in [0.15, 0.2) is 54.9 Å². The predicted octanol–water partition coefficient (Wildman–Crippen LogP) is 3.17. The first-order chi connectivity index (χ1) is 14.1. The van der Waals surface area contributed by atoms with Crippen molar-refractivity contribution in [3.63, 3.8) is 0 Å². The summed E-state index contributed by atoms with van der Waals surface area (Å²) in [4.78, 5) is 19.0. The molecule has 3 aromatic rings. The Morgan fingerprint density at radius 3 is 2.76 bits per heavy atom. The molecule has 1 atom stereocenters. The van der Waals surface area contributed by atoms with Gasteiger partial charge in [-0.05, 0) is 43.2 Å². The van der Waals surface area contributed by atoms with Crippen LogP contribution in [-0.4, -0.2) is 51.9 Å². The molecule has 1 saturated heterocycles. The number of nitrogens with zero attached hydrogens (tertiary/aromatic N) is 4. The Labute approximate surface area is 169 Å². The Hall–Kier alpha value is -3.35. The molecule has 0 N–H and O–H groups in total. The number of benzene rings is 1. The molecule has 3 heterocycles. The second kappa shape index (κ2) is 8.34. The minimum Gasteiger partial charge on any atom is -0.497 e. The van der Waals surface area contributed by atoms with E-state index in [9.17, 15) is 4.79 Å². The van der Waals surface area contributed by atoms with Crippen LogP contribution in [0.2, 0.25) is 0 Å². The fraction of sp³-hybridized carbons (Fsp3) is 0.318. The Morgan fingerprint density at radius 2 is 1.97 bits per heavy atom. The van der Waals surface area contributed by atoms with Gasteiger partial charge >= 0.3 is 0 Å². The zero-order chi connectivity index (χ0) is 20.2. The number of rotatable bonds is 5. The van der Waals surface area contributed by atoms with Gasteiger partial charge in [0.2, 0.25) is 0 Å². The smallest absolute Gasteiger partial charge is 0.272 e. The van der Waals surface area contributed by atoms with Crippen molar-refractivity contribution in [2.45, 2.75) is 18.9 Å². The molecular weight excluding hydrogens is 368 g/mol. The molecule has 1 aliphatic heterocycles. The Bertz CT molecular complexity index is 987. The third-order valence-corrected chi connectivity index (χ3v) is 5.08. The third kappa shape index (κ3) is 4.23. The molecule has 1 unspecified atom stereocenters. The van der Waals surface area contributed by atoms with Crippen molar-refractivity contribution in [2.75, 3.05) is 20.2 Å². The molecule has 1 aliphatic rings. The summed E-state index contributed by atoms with van der Waals surface area (Å²) in [6.45, 7) is 1.27. The summed E-state index contributed by atoms with van der Waals surface area (Å²) < 4.78 is 13.0. The molecule has 7 heteroatoms. The summed E-state index contributed by atoms with van der Waals surface area (Å²) in [6.07, 6.45) is 5.21. The van der Waals surface area contributed by atoms with E-state index in [1.807, 2.05) is 47.4 Å². The second-order valence-electron chi connectivity index (χ2n) is 7.09. The van der Waals surface area contributed by atoms with Crippen LogP contribution in [0.4, 0.5) is 0 Å². The van der Waals surface area contributed by atoms with Gasteiger partial charge in [-0.15, -0.1) is 0 Å². The van der Waals surface area contributed by atoms with Crippen molar-refractivity contribution >= 4 is 5.91 Å². The first-order valence-electron chi connectivity index (χ1n) is 9.68. The van der Waals surface area contributed by atoms with E-state index in [1.165, 1.54) is 0 Å². The number of carbonyl (C=O) groups is 1. The van der Waals surface area contributed by atoms with E-state index < -0.39 is 0 Å². The van der Waals surface area contributed by atoms with Gasteiger partial charge in [-0.2, -0.15) is 5.10 Å². The van der Waals surface area contributed by atoms with Gasteiger partial charge in [-0.3, -0.25) is 14.5 Å². The molecule has 29 heavy (non-hydrogen) atoms. The number of ether oxygens (including phenoxy) is 2. The third-order valence-electron chi connectivity index (χ3n) is 5.08. The first kappa shape index (κ1) is 19.0. The standard InChI is InChI=1S/C22H24N4O3/c1-25-21(14-20(24-25)16-5-3-6-18(13-16)28-2)22(27)26-12-4-7-19(15-26)29-17-8-10-23-11-9-17/h3,5-6,8-11,13-14,19H,4,7,12,15H2,1-2H3. The monoisotopic (exact) mass is 392 g/mol. The number of likely N-dealkylation sites (tertiary alicyclic amines) is 1. The second-order valence-corrected chi connectivity index (χ2v) is 7.09. The van der Waals surface area contributed by atoms with Gasteiger partial charge < -0.3 is 14.4 Å². The van der Waals surface area contributed by atoms with E-state index in [4.69, 9.17) is 9.47 Å². The average Bonchev–Trinajstić information content (AvgIpc) is 3.16. The molecule has 0 bridgehead atoms. The lowest BCUT2D eigenvalue weighted by Crippen LogP contribution is -2.44. The van der Waals surface area contributed by atoms with Gasteiger partial charge in [0, 0.05) is 31.5 Å². The molecular formula is C22H24N4O3. The van der Waals surface area contributed by atoms with Crippen molar-refractivity contribution in [1.29, 1.82) is 0 Å². The van der Waals surface area contributed by atoms with E-state index in [-0.39, 0.29) is 12.0 Å². The Kier molecular flexibility index (Phi) is 5.46. The quantitative estimate of drug-likeness (QED) is 0.667. The fourth-order valence-corrected chi connectivity index (χ4v) is 3.58. The summed E-state index contributed by atoms with van der Waals surface area (Å²) in [7, 11) is 3.43. The zero-order valence-electron chi connectivity index (χ0n) is 16.6. The number of methoxy groups -OCH3 is 1. The maximum Gasteiger partial charge on any atom is 0.272 e. The Balaban J connectivity index is 1.49. The van der Waals surface area contributed by atoms with Crippen LogP contribution in [0, 0.1) is 0 Å². The van der Waals surface area contributed by atoms with Crippen LogP contribution < -0.4 is 9.47 Å². The SMILES string of the molecule is COc1cccc(-c2cc(C(=O)N3CCCC(Oc4ccncc4)C3)n(C)n2)c1. The zero-order valence-corrected chi connectivity index (χ0v) is 16.6. The Morgan fingerprint density at radius 1 is 1.14 bits per heavy atom. The number of hydrogen-bond donors (Lipinski definition) is 0. The normalized spacial score (nSPS) is 16.5. The van der Waals surface area contributed by atoms with Crippen LogP contribution in [0.5, 0.6) is 11.5 Å². The molecule has 1 aromatic carbocycles. The highest BCUT2D eigenvalue weighted by Crippen LogP contribution is 2.25. The number of amides is 1. The van der Waals surface area contributed by atoms with Crippen LogP contribution >= 0.6 is 0 Å². The summed E-state index contributed by atoms with van der Waals surface area (Å²) in [5.74, 6) is 1.51. The van der Waals surface area contributed by atoms with Crippen molar-refractivity contribution < 1.29 is 14.3 Å². The van der Waals surface area contributed by atoms with Gasteiger partial charge in [0.1, 0.15) is 23.3 Å². The van der Waals surface area contributed by atoms with Gasteiger partial charge in [-0.1, -0.05) is 12.1 Å². The van der Waals surface area contributed by atoms with E-state index in [1.54, 1.807) is 31.2 Å². The van der Waals surface area contributed by atoms with Gasteiger partial charge in [-0.25, -0.2) is 0 Å². The molecule has 0 radical (unpaired) electrons. The fourth-order valence-electron chi connectivity index (χ4n) is 3.58. The number of carbonyl (C=O) groups excluding carboxylic acids is 1. The molecule has 0 aliphatic carbocycles. The summed E-state index contributed by atoms with van der Waals surface area (Å²) in [5, 5.41) is 4.53. The highest BCUT2D eigenvalue weighted by molar-refractivity contribution is 5.93. The number of piperidine rings is 1. The molecule has 0 saturated carbocycles. The molecule has 4 rings (SSSR count). The van der Waals surface area contributed by atoms with Crippen LogP contribution in [0.1, 0.15) is 23.3 Å². The average molecular weight is 392 g/mol. The molecule has 0 spiro atoms. The van der Waals surface area contributed by atoms with E-state index in [2.05, 4.69) is 10.1 Å². The van der Waals surface area contributed by atoms with Crippen molar-refractivity contribution in [1.82, 2.24) is 19.7 Å². The maximum absolute atomic E-state index is 13.2. The van der Waals surface area contributed by atoms with Crippen molar-refractivity contribution in [2.24, 2.45) is 7.05 Å². The topological polar surface area (TPSA) is 69.5 Å². The highest BCUT2D eigenvalue weighted by Gasteiger charge is 2.27. The van der Waals surface area contributed by atoms with Gasteiger partial charge in [0.25, 0.3) is 5.91 Å². The predicted molar refractivity (Wildman–Crippen MR) is 109 cm³/mol. The summed E-state index contributed by atoms with van der Waals surface area (Å²) in [6, 6.07) is 13.2. The number of aromatic nitrogens is 3. The van der Waals surface area contributed by atoms with Gasteiger partial charge in [0.05, 0.1) is 19.3 Å². The highest BCUT2D eigenvalue weighted by atomic mass is 16.5. The summed E-state index contributed by atoms with van der Waals surface area (Å²) >= 11 is 0. The molecule has 1 fully saturated rings. The maximum atomic E-state index is 13.2. The van der Waals surface area contributed by atoms with Crippen LogP contribution in [0.25, 0.3) is 11.3 Å². The van der Waals surface area contributed by atoms with E-state index in [0.29, 0.717) is 18.8 Å². The number of hydrogen-bond acceptors (Lipinski definition) is 5. The first-order valence-corrected chi connectivity index (χ1v) is 9.68. The van der Waals surface area contributed by atoms with Crippen molar-refractivity contribution in [3.8, 4) is 22.8 Å².